The average Bonchev–Trinajstić information content (AvgIpc) is 2.40. The van der Waals surface area contributed by atoms with Crippen LogP contribution in [0.3, 0.4) is 0 Å². The first-order valence-electron chi connectivity index (χ1n) is 5.92. The average molecular weight is 340 g/mol. The molecule has 0 unspecified atom stereocenters. The largest absolute Gasteiger partial charge is 0.309 e. The van der Waals surface area contributed by atoms with E-state index in [9.17, 15) is 26.0 Å². The van der Waals surface area contributed by atoms with Crippen molar-refractivity contribution in [1.29, 1.82) is 0 Å². The second-order valence-corrected chi connectivity index (χ2v) is 6.64. The summed E-state index contributed by atoms with van der Waals surface area (Å²) in [7, 11) is -1.28. The standard InChI is InChI=1S/C11H12F4N4O2S/c1-19(2)4-3-5-22(20,21)11-8(14)6(12)10(17-18-16)7(13)9(11)15/h3-5H2,1-2H3. The van der Waals surface area contributed by atoms with Crippen LogP contribution in [-0.4, -0.2) is 39.7 Å². The molecule has 22 heavy (non-hydrogen) atoms. The molecular weight excluding hydrogens is 328 g/mol. The first-order valence-corrected chi connectivity index (χ1v) is 7.57. The van der Waals surface area contributed by atoms with Crippen LogP contribution in [0.4, 0.5) is 23.2 Å². The molecule has 0 spiro atoms. The van der Waals surface area contributed by atoms with E-state index >= 15 is 0 Å². The molecule has 0 aliphatic heterocycles. The number of benzene rings is 1. The second kappa shape index (κ2) is 6.95. The molecule has 1 aromatic carbocycles. The predicted molar refractivity (Wildman–Crippen MR) is 70.3 cm³/mol. The SMILES string of the molecule is CN(C)CCCS(=O)(=O)c1c(F)c(F)c(N=[N+]=[N-])c(F)c1F. The van der Waals surface area contributed by atoms with Crippen molar-refractivity contribution in [3.8, 4) is 0 Å². The number of halogens is 4. The molecule has 1 aromatic rings. The normalized spacial score (nSPS) is 11.6. The zero-order valence-corrected chi connectivity index (χ0v) is 12.5. The zero-order chi connectivity index (χ0) is 17.1. The molecule has 0 aliphatic carbocycles. The Morgan fingerprint density at radius 3 is 2.00 bits per heavy atom. The summed E-state index contributed by atoms with van der Waals surface area (Å²) in [5.74, 6) is -9.01. The molecule has 11 heteroatoms. The van der Waals surface area contributed by atoms with E-state index in [-0.39, 0.29) is 6.42 Å². The summed E-state index contributed by atoms with van der Waals surface area (Å²) < 4.78 is 78.4. The third-order valence-electron chi connectivity index (χ3n) is 2.67. The molecule has 0 saturated carbocycles. The molecule has 1 rings (SSSR count). The van der Waals surface area contributed by atoms with Crippen molar-refractivity contribution in [2.75, 3.05) is 26.4 Å². The molecule has 0 bridgehead atoms. The van der Waals surface area contributed by atoms with E-state index in [0.717, 1.165) is 0 Å². The van der Waals surface area contributed by atoms with E-state index in [0.29, 0.717) is 6.54 Å². The highest BCUT2D eigenvalue weighted by molar-refractivity contribution is 7.91. The Hall–Kier alpha value is -1.84. The maximum atomic E-state index is 13.8. The molecule has 0 saturated heterocycles. The predicted octanol–water partition coefficient (Wildman–Crippen LogP) is 2.91. The lowest BCUT2D eigenvalue weighted by molar-refractivity contribution is 0.406. The van der Waals surface area contributed by atoms with E-state index in [1.807, 2.05) is 4.91 Å². The van der Waals surface area contributed by atoms with Gasteiger partial charge in [0.15, 0.2) is 33.1 Å². The topological polar surface area (TPSA) is 86.1 Å². The first-order chi connectivity index (χ1) is 10.1. The van der Waals surface area contributed by atoms with Crippen LogP contribution in [0.25, 0.3) is 10.4 Å². The fourth-order valence-corrected chi connectivity index (χ4v) is 3.12. The minimum Gasteiger partial charge on any atom is -0.309 e. The number of hydrogen-bond acceptors (Lipinski definition) is 4. The zero-order valence-electron chi connectivity index (χ0n) is 11.6. The molecule has 0 atom stereocenters. The number of hydrogen-bond donors (Lipinski definition) is 0. The number of nitrogens with zero attached hydrogens (tertiary/aromatic N) is 4. The van der Waals surface area contributed by atoms with Gasteiger partial charge in [0.05, 0.1) is 5.75 Å². The molecule has 0 amide bonds. The lowest BCUT2D eigenvalue weighted by Gasteiger charge is -2.12. The Kier molecular flexibility index (Phi) is 5.75. The van der Waals surface area contributed by atoms with Crippen LogP contribution in [0.2, 0.25) is 0 Å². The minimum absolute atomic E-state index is 0.00948. The molecule has 0 aliphatic rings. The number of sulfone groups is 1. The molecule has 0 fully saturated rings. The number of rotatable bonds is 6. The summed E-state index contributed by atoms with van der Waals surface area (Å²) in [5, 5.41) is 2.48. The molecule has 6 nitrogen and oxygen atoms in total. The van der Waals surface area contributed by atoms with Crippen LogP contribution in [0, 0.1) is 23.3 Å². The third kappa shape index (κ3) is 3.67. The van der Waals surface area contributed by atoms with Gasteiger partial charge < -0.3 is 4.90 Å². The van der Waals surface area contributed by atoms with Crippen LogP contribution in [0.15, 0.2) is 10.0 Å². The molecule has 122 valence electrons. The van der Waals surface area contributed by atoms with Crippen LogP contribution in [0.5, 0.6) is 0 Å². The second-order valence-electron chi connectivity index (χ2n) is 4.60. The van der Waals surface area contributed by atoms with Gasteiger partial charge in [-0.1, -0.05) is 5.11 Å². The highest BCUT2D eigenvalue weighted by Crippen LogP contribution is 2.33. The summed E-state index contributed by atoms with van der Waals surface area (Å²) >= 11 is 0. The van der Waals surface area contributed by atoms with Crippen molar-refractivity contribution < 1.29 is 26.0 Å². The minimum atomic E-state index is -4.59. The molecular formula is C11H12F4N4O2S. The Labute approximate surface area is 123 Å². The van der Waals surface area contributed by atoms with E-state index < -0.39 is 49.4 Å². The lowest BCUT2D eigenvalue weighted by Crippen LogP contribution is -2.19. The smallest absolute Gasteiger partial charge is 0.184 e. The van der Waals surface area contributed by atoms with Crippen molar-refractivity contribution in [2.45, 2.75) is 11.3 Å². The van der Waals surface area contributed by atoms with E-state index in [4.69, 9.17) is 5.53 Å². The van der Waals surface area contributed by atoms with Crippen molar-refractivity contribution in [3.63, 3.8) is 0 Å². The molecule has 0 radical (unpaired) electrons. The van der Waals surface area contributed by atoms with Crippen molar-refractivity contribution in [3.05, 3.63) is 33.7 Å². The third-order valence-corrected chi connectivity index (χ3v) is 4.48. The Bertz CT molecular complexity index is 701. The Morgan fingerprint density at radius 2 is 1.59 bits per heavy atom. The van der Waals surface area contributed by atoms with Gasteiger partial charge in [-0.25, -0.2) is 26.0 Å². The summed E-state index contributed by atoms with van der Waals surface area (Å²) in [6.07, 6.45) is 0.00948. The first kappa shape index (κ1) is 18.2. The summed E-state index contributed by atoms with van der Waals surface area (Å²) in [4.78, 5) is 1.96. The van der Waals surface area contributed by atoms with Crippen molar-refractivity contribution in [1.82, 2.24) is 4.90 Å². The summed E-state index contributed by atoms with van der Waals surface area (Å²) in [5.41, 5.74) is 6.55. The van der Waals surface area contributed by atoms with Crippen LogP contribution < -0.4 is 0 Å². The quantitative estimate of drug-likeness (QED) is 0.262. The van der Waals surface area contributed by atoms with Gasteiger partial charge in [-0.05, 0) is 32.6 Å². The van der Waals surface area contributed by atoms with Gasteiger partial charge in [0.1, 0.15) is 10.6 Å². The van der Waals surface area contributed by atoms with E-state index in [1.165, 1.54) is 0 Å². The Morgan fingerprint density at radius 1 is 1.09 bits per heavy atom. The summed E-state index contributed by atoms with van der Waals surface area (Å²) in [6, 6.07) is 0. The highest BCUT2D eigenvalue weighted by Gasteiger charge is 2.32. The van der Waals surface area contributed by atoms with Gasteiger partial charge in [-0.2, -0.15) is 0 Å². The Balaban J connectivity index is 3.40. The summed E-state index contributed by atoms with van der Waals surface area (Å²) in [6.45, 7) is 0.296. The van der Waals surface area contributed by atoms with Gasteiger partial charge in [-0.15, -0.1) is 0 Å². The maximum Gasteiger partial charge on any atom is 0.184 e. The fourth-order valence-electron chi connectivity index (χ4n) is 1.68. The van der Waals surface area contributed by atoms with Gasteiger partial charge in [0, 0.05) is 4.91 Å². The van der Waals surface area contributed by atoms with Crippen molar-refractivity contribution >= 4 is 15.5 Å². The van der Waals surface area contributed by atoms with Crippen molar-refractivity contribution in [2.24, 2.45) is 5.11 Å². The number of azide groups is 1. The highest BCUT2D eigenvalue weighted by atomic mass is 32.2. The van der Waals surface area contributed by atoms with Gasteiger partial charge in [-0.3, -0.25) is 0 Å². The van der Waals surface area contributed by atoms with Gasteiger partial charge in [0.25, 0.3) is 0 Å². The van der Waals surface area contributed by atoms with Gasteiger partial charge in [0.2, 0.25) is 0 Å². The fraction of sp³-hybridized carbons (Fsp3) is 0.455. The van der Waals surface area contributed by atoms with E-state index in [2.05, 4.69) is 5.11 Å². The monoisotopic (exact) mass is 340 g/mol. The lowest BCUT2D eigenvalue weighted by atomic mass is 10.2. The molecule has 0 aromatic heterocycles. The molecule has 0 heterocycles. The van der Waals surface area contributed by atoms with Gasteiger partial charge >= 0.3 is 0 Å². The van der Waals surface area contributed by atoms with Crippen LogP contribution in [-0.2, 0) is 9.84 Å². The van der Waals surface area contributed by atoms with E-state index in [1.54, 1.807) is 19.0 Å². The van der Waals surface area contributed by atoms with Crippen LogP contribution in [0.1, 0.15) is 6.42 Å². The van der Waals surface area contributed by atoms with Crippen LogP contribution >= 0.6 is 0 Å². The molecule has 0 N–H and O–H groups in total. The maximum absolute atomic E-state index is 13.8.